The van der Waals surface area contributed by atoms with Crippen molar-refractivity contribution in [3.8, 4) is 12.3 Å². The number of carbonyl (C=O) groups excluding carboxylic acids is 2. The van der Waals surface area contributed by atoms with Gasteiger partial charge in [0.1, 0.15) is 0 Å². The molecule has 0 saturated heterocycles. The van der Waals surface area contributed by atoms with Crippen molar-refractivity contribution in [2.24, 2.45) is 5.92 Å². The van der Waals surface area contributed by atoms with Crippen LogP contribution in [-0.2, 0) is 6.42 Å². The fourth-order valence-electron chi connectivity index (χ4n) is 4.29. The molecule has 36 heavy (non-hydrogen) atoms. The van der Waals surface area contributed by atoms with Crippen molar-refractivity contribution in [2.45, 2.75) is 64.6 Å². The van der Waals surface area contributed by atoms with Crippen molar-refractivity contribution >= 4 is 11.8 Å². The Hall–Kier alpha value is -3.14. The lowest BCUT2D eigenvalue weighted by molar-refractivity contribution is -0.0211. The monoisotopic (exact) mass is 492 g/mol. The second-order valence-corrected chi connectivity index (χ2v) is 9.19. The van der Waals surface area contributed by atoms with E-state index in [1.165, 1.54) is 0 Å². The lowest BCUT2D eigenvalue weighted by Crippen LogP contribution is -2.42. The quantitative estimate of drug-likeness (QED) is 0.258. The van der Waals surface area contributed by atoms with E-state index in [-0.39, 0.29) is 18.4 Å². The Morgan fingerprint density at radius 1 is 1.00 bits per heavy atom. The molecule has 0 radical (unpaired) electrons. The molecule has 0 aliphatic rings. The summed E-state index contributed by atoms with van der Waals surface area (Å²) >= 11 is 0. The van der Waals surface area contributed by atoms with E-state index in [1.807, 2.05) is 49.1 Å². The van der Waals surface area contributed by atoms with Crippen molar-refractivity contribution < 1.29 is 19.8 Å². The van der Waals surface area contributed by atoms with Crippen LogP contribution in [0.15, 0.2) is 54.6 Å². The summed E-state index contributed by atoms with van der Waals surface area (Å²) in [4.78, 5) is 27.8. The molecule has 6 heteroatoms. The molecule has 3 N–H and O–H groups in total. The highest BCUT2D eigenvalue weighted by Crippen LogP contribution is 2.18. The molecule has 2 amide bonds. The van der Waals surface area contributed by atoms with E-state index in [9.17, 15) is 19.8 Å². The second-order valence-electron chi connectivity index (χ2n) is 9.19. The van der Waals surface area contributed by atoms with Gasteiger partial charge in [-0.3, -0.25) is 9.59 Å². The van der Waals surface area contributed by atoms with Crippen molar-refractivity contribution in [1.82, 2.24) is 10.2 Å². The lowest BCUT2D eigenvalue weighted by Gasteiger charge is -2.27. The summed E-state index contributed by atoms with van der Waals surface area (Å²) in [5.41, 5.74) is 1.87. The number of carbonyl (C=O) groups is 2. The van der Waals surface area contributed by atoms with Crippen molar-refractivity contribution in [2.75, 3.05) is 19.6 Å². The zero-order chi connectivity index (χ0) is 26.3. The van der Waals surface area contributed by atoms with Crippen LogP contribution in [0.25, 0.3) is 0 Å². The van der Waals surface area contributed by atoms with Crippen molar-refractivity contribution in [1.29, 1.82) is 0 Å². The molecule has 194 valence electrons. The molecule has 0 heterocycles. The van der Waals surface area contributed by atoms with Gasteiger partial charge in [0.15, 0.2) is 0 Å². The average Bonchev–Trinajstić information content (AvgIpc) is 2.90. The molecular weight excluding hydrogens is 452 g/mol. The van der Waals surface area contributed by atoms with E-state index in [2.05, 4.69) is 11.2 Å². The number of nitrogens with zero attached hydrogens (tertiary/aromatic N) is 1. The van der Waals surface area contributed by atoms with Gasteiger partial charge >= 0.3 is 0 Å². The molecule has 0 saturated carbocycles. The molecule has 6 nitrogen and oxygen atoms in total. The van der Waals surface area contributed by atoms with Gasteiger partial charge in [0.25, 0.3) is 11.8 Å². The van der Waals surface area contributed by atoms with E-state index in [0.29, 0.717) is 49.9 Å². The maximum Gasteiger partial charge on any atom is 0.253 e. The summed E-state index contributed by atoms with van der Waals surface area (Å²) in [7, 11) is 0. The third kappa shape index (κ3) is 9.14. The molecule has 0 fully saturated rings. The first-order chi connectivity index (χ1) is 17.4. The van der Waals surface area contributed by atoms with Gasteiger partial charge in [-0.1, -0.05) is 50.2 Å². The Kier molecular flexibility index (Phi) is 12.7. The van der Waals surface area contributed by atoms with E-state index in [0.717, 1.165) is 18.4 Å². The van der Waals surface area contributed by atoms with Gasteiger partial charge in [-0.15, -0.1) is 12.3 Å². The Labute approximate surface area is 215 Å². The first-order valence-corrected chi connectivity index (χ1v) is 12.9. The maximum atomic E-state index is 13.0. The van der Waals surface area contributed by atoms with Gasteiger partial charge < -0.3 is 20.4 Å². The smallest absolute Gasteiger partial charge is 0.253 e. The van der Waals surface area contributed by atoms with E-state index in [1.54, 1.807) is 24.3 Å². The molecule has 2 rings (SSSR count). The SMILES string of the molecule is C#CCCCC(O)C(O)C(CNC(=O)c1cccc(C(=O)N(CCC)CCC)c1)Cc1ccccc1. The molecule has 0 aliphatic carbocycles. The Morgan fingerprint density at radius 2 is 1.67 bits per heavy atom. The molecule has 0 aromatic heterocycles. The topological polar surface area (TPSA) is 89.9 Å². The average molecular weight is 493 g/mol. The molecule has 0 spiro atoms. The number of hydrogen-bond donors (Lipinski definition) is 3. The number of nitrogens with one attached hydrogen (secondary N) is 1. The van der Waals surface area contributed by atoms with Gasteiger partial charge in [-0.2, -0.15) is 0 Å². The van der Waals surface area contributed by atoms with Gasteiger partial charge in [-0.05, 0) is 55.9 Å². The number of hydrogen-bond acceptors (Lipinski definition) is 4. The third-order valence-electron chi connectivity index (χ3n) is 6.21. The molecule has 2 aromatic carbocycles. The summed E-state index contributed by atoms with van der Waals surface area (Å²) in [5, 5.41) is 24.3. The van der Waals surface area contributed by atoms with Crippen LogP contribution in [0.5, 0.6) is 0 Å². The van der Waals surface area contributed by atoms with E-state index >= 15 is 0 Å². The van der Waals surface area contributed by atoms with Gasteiger partial charge in [0.2, 0.25) is 0 Å². The van der Waals surface area contributed by atoms with E-state index < -0.39 is 18.1 Å². The molecule has 0 bridgehead atoms. The predicted octanol–water partition coefficient (Wildman–Crippen LogP) is 4.06. The van der Waals surface area contributed by atoms with Crippen LogP contribution in [0.4, 0.5) is 0 Å². The van der Waals surface area contributed by atoms with Crippen molar-refractivity contribution in [3.05, 3.63) is 71.3 Å². The van der Waals surface area contributed by atoms with Crippen LogP contribution >= 0.6 is 0 Å². The highest BCUT2D eigenvalue weighted by molar-refractivity contribution is 5.99. The second kappa shape index (κ2) is 15.8. The molecule has 2 aromatic rings. The van der Waals surface area contributed by atoms with Crippen LogP contribution in [0.2, 0.25) is 0 Å². The summed E-state index contributed by atoms with van der Waals surface area (Å²) in [6.45, 7) is 5.59. The lowest BCUT2D eigenvalue weighted by atomic mass is 9.89. The molecule has 3 unspecified atom stereocenters. The number of unbranched alkanes of at least 4 members (excludes halogenated alkanes) is 1. The minimum absolute atomic E-state index is 0.0826. The minimum Gasteiger partial charge on any atom is -0.390 e. The maximum absolute atomic E-state index is 13.0. The van der Waals surface area contributed by atoms with Crippen LogP contribution in [0, 0.1) is 18.3 Å². The summed E-state index contributed by atoms with van der Waals surface area (Å²) in [5.74, 6) is 1.74. The van der Waals surface area contributed by atoms with Gasteiger partial charge in [-0.25, -0.2) is 0 Å². The van der Waals surface area contributed by atoms with Crippen LogP contribution in [0.3, 0.4) is 0 Å². The standard InChI is InChI=1S/C30H40N2O4/c1-4-7-9-17-27(33)28(34)26(20-23-13-10-8-11-14-23)22-31-29(35)24-15-12-16-25(21-24)30(36)32(18-5-2)19-6-3/h1,8,10-16,21,26-28,33-34H,5-7,9,17-20,22H2,2-3H3,(H,31,35). The molecule has 0 aliphatic heterocycles. The zero-order valence-electron chi connectivity index (χ0n) is 21.5. The first-order valence-electron chi connectivity index (χ1n) is 12.9. The summed E-state index contributed by atoms with van der Waals surface area (Å²) in [6, 6.07) is 16.4. The number of amides is 2. The number of benzene rings is 2. The molecular formula is C30H40N2O4. The summed E-state index contributed by atoms with van der Waals surface area (Å²) in [6.07, 6.45) is 7.11. The third-order valence-corrected chi connectivity index (χ3v) is 6.21. The van der Waals surface area contributed by atoms with Crippen molar-refractivity contribution in [3.63, 3.8) is 0 Å². The fourth-order valence-corrected chi connectivity index (χ4v) is 4.29. The number of aliphatic hydroxyl groups excluding tert-OH is 2. The highest BCUT2D eigenvalue weighted by Gasteiger charge is 2.27. The van der Waals surface area contributed by atoms with Crippen LogP contribution in [-0.4, -0.2) is 58.8 Å². The fraction of sp³-hybridized carbons (Fsp3) is 0.467. The molecule has 3 atom stereocenters. The van der Waals surface area contributed by atoms with E-state index in [4.69, 9.17) is 6.42 Å². The normalized spacial score (nSPS) is 13.3. The number of rotatable bonds is 15. The minimum atomic E-state index is -1.02. The zero-order valence-corrected chi connectivity index (χ0v) is 21.5. The summed E-state index contributed by atoms with van der Waals surface area (Å²) < 4.78 is 0. The Balaban J connectivity index is 2.11. The van der Waals surface area contributed by atoms with Crippen LogP contribution in [0.1, 0.15) is 72.2 Å². The van der Waals surface area contributed by atoms with Crippen LogP contribution < -0.4 is 5.32 Å². The van der Waals surface area contributed by atoms with Gasteiger partial charge in [0.05, 0.1) is 12.2 Å². The number of aliphatic hydroxyl groups is 2. The van der Waals surface area contributed by atoms with Gasteiger partial charge in [0, 0.05) is 43.1 Å². The Morgan fingerprint density at radius 3 is 2.31 bits per heavy atom. The predicted molar refractivity (Wildman–Crippen MR) is 144 cm³/mol. The highest BCUT2D eigenvalue weighted by atomic mass is 16.3. The first kappa shape index (κ1) is 29.1. The number of terminal acetylenes is 1. The largest absolute Gasteiger partial charge is 0.390 e. The Bertz CT molecular complexity index is 980.